The predicted molar refractivity (Wildman–Crippen MR) is 142 cm³/mol. The van der Waals surface area contributed by atoms with Crippen molar-refractivity contribution in [3.63, 3.8) is 0 Å². The van der Waals surface area contributed by atoms with Gasteiger partial charge in [0.15, 0.2) is 0 Å². The number of hydrogen-bond donors (Lipinski definition) is 1. The molecule has 0 heterocycles. The van der Waals surface area contributed by atoms with Gasteiger partial charge in [0.1, 0.15) is 0 Å². The Balaban J connectivity index is 3.24. The second-order valence-electron chi connectivity index (χ2n) is 8.98. The Hall–Kier alpha value is -1.05. The zero-order valence-electron chi connectivity index (χ0n) is 21.8. The number of unbranched alkanes of at least 4 members (excludes halogenated alkanes) is 17. The van der Waals surface area contributed by atoms with Crippen molar-refractivity contribution in [1.82, 2.24) is 0 Å². The maximum Gasteiger partial charge on any atom is 0.397 e. The Labute approximate surface area is 211 Å². The fraction of sp³-hybridized carbons (Fsp3) is 0.857. The highest BCUT2D eigenvalue weighted by molar-refractivity contribution is 7.80. The monoisotopic (exact) mass is 498 g/mol. The summed E-state index contributed by atoms with van der Waals surface area (Å²) in [5.74, 6) is 12.4. The summed E-state index contributed by atoms with van der Waals surface area (Å²) in [6, 6.07) is 0. The first-order chi connectivity index (χ1) is 16.6. The van der Waals surface area contributed by atoms with Crippen LogP contribution in [0.15, 0.2) is 0 Å². The van der Waals surface area contributed by atoms with Crippen molar-refractivity contribution < 1.29 is 21.9 Å². The maximum atomic E-state index is 10.4. The molecule has 0 rings (SSSR count). The van der Waals surface area contributed by atoms with Gasteiger partial charge in [-0.05, 0) is 37.5 Å². The summed E-state index contributed by atoms with van der Waals surface area (Å²) in [6.07, 6.45) is 24.3. The third kappa shape index (κ3) is 31.0. The quantitative estimate of drug-likeness (QED) is 0.0840. The molecule has 0 unspecified atom stereocenters. The lowest BCUT2D eigenvalue weighted by Crippen LogP contribution is -2.07. The lowest BCUT2D eigenvalue weighted by Gasteiger charge is -2.04. The molecule has 0 aliphatic heterocycles. The van der Waals surface area contributed by atoms with Gasteiger partial charge >= 0.3 is 10.4 Å². The van der Waals surface area contributed by atoms with E-state index in [1.165, 1.54) is 89.9 Å². The highest BCUT2D eigenvalue weighted by Crippen LogP contribution is 2.11. The summed E-state index contributed by atoms with van der Waals surface area (Å²) in [5.41, 5.74) is 0. The molecule has 34 heavy (non-hydrogen) atoms. The van der Waals surface area contributed by atoms with Crippen LogP contribution in [0.4, 0.5) is 0 Å². The van der Waals surface area contributed by atoms with E-state index in [-0.39, 0.29) is 6.61 Å². The van der Waals surface area contributed by atoms with Gasteiger partial charge in [0.2, 0.25) is 0 Å². The summed E-state index contributed by atoms with van der Waals surface area (Å²) in [6.45, 7) is 3.35. The standard InChI is InChI=1S/C28H50O5S/c1-2-3-4-5-6-7-8-9-10-11-12-13-14-15-16-17-18-19-20-21-22-23-24-26-32-27-25-28-33-34(29,30)31/h2-12,17-28H2,1H3,(H,29,30,31). The van der Waals surface area contributed by atoms with E-state index >= 15 is 0 Å². The van der Waals surface area contributed by atoms with Gasteiger partial charge in [0.25, 0.3) is 0 Å². The average Bonchev–Trinajstić information content (AvgIpc) is 2.80. The van der Waals surface area contributed by atoms with Crippen molar-refractivity contribution in [3.05, 3.63) is 0 Å². The second kappa shape index (κ2) is 26.6. The Morgan fingerprint density at radius 2 is 0.971 bits per heavy atom. The molecule has 0 radical (unpaired) electrons. The third-order valence-electron chi connectivity index (χ3n) is 5.65. The van der Waals surface area contributed by atoms with Gasteiger partial charge in [-0.25, -0.2) is 4.18 Å². The van der Waals surface area contributed by atoms with Crippen molar-refractivity contribution in [2.45, 2.75) is 135 Å². The van der Waals surface area contributed by atoms with Crippen molar-refractivity contribution in [2.24, 2.45) is 0 Å². The molecule has 0 aliphatic carbocycles. The molecule has 0 amide bonds. The van der Waals surface area contributed by atoms with E-state index < -0.39 is 10.4 Å². The largest absolute Gasteiger partial charge is 0.397 e. The van der Waals surface area contributed by atoms with Crippen LogP contribution >= 0.6 is 0 Å². The molecule has 0 spiro atoms. The topological polar surface area (TPSA) is 72.8 Å². The van der Waals surface area contributed by atoms with Gasteiger partial charge in [-0.2, -0.15) is 8.42 Å². The first-order valence-electron chi connectivity index (χ1n) is 13.7. The molecule has 5 nitrogen and oxygen atoms in total. The van der Waals surface area contributed by atoms with E-state index in [1.54, 1.807) is 0 Å². The van der Waals surface area contributed by atoms with Crippen LogP contribution < -0.4 is 0 Å². The Kier molecular flexibility index (Phi) is 25.7. The number of rotatable bonds is 24. The molecule has 198 valence electrons. The SMILES string of the molecule is CCCCCCCCCCCCC#CC#CCCCCCCCCCOCCCOS(=O)(=O)O. The molecule has 1 N–H and O–H groups in total. The van der Waals surface area contributed by atoms with Gasteiger partial charge < -0.3 is 4.74 Å². The fourth-order valence-electron chi connectivity index (χ4n) is 3.64. The summed E-state index contributed by atoms with van der Waals surface area (Å²) in [7, 11) is -4.32. The lowest BCUT2D eigenvalue weighted by atomic mass is 10.1. The highest BCUT2D eigenvalue weighted by atomic mass is 32.3. The highest BCUT2D eigenvalue weighted by Gasteiger charge is 2.02. The molecule has 0 aromatic carbocycles. The molecular weight excluding hydrogens is 448 g/mol. The average molecular weight is 499 g/mol. The van der Waals surface area contributed by atoms with Crippen LogP contribution in [0.1, 0.15) is 135 Å². The minimum Gasteiger partial charge on any atom is -0.381 e. The summed E-state index contributed by atoms with van der Waals surface area (Å²) < 4.78 is 38.8. The van der Waals surface area contributed by atoms with Gasteiger partial charge in [0, 0.05) is 26.1 Å². The summed E-state index contributed by atoms with van der Waals surface area (Å²) >= 11 is 0. The van der Waals surface area contributed by atoms with Crippen LogP contribution in [0.2, 0.25) is 0 Å². The Morgan fingerprint density at radius 1 is 0.559 bits per heavy atom. The fourth-order valence-corrected chi connectivity index (χ4v) is 3.97. The molecule has 0 fully saturated rings. The van der Waals surface area contributed by atoms with Crippen LogP contribution in [-0.4, -0.2) is 32.8 Å². The zero-order chi connectivity index (χ0) is 25.0. The summed E-state index contributed by atoms with van der Waals surface area (Å²) in [4.78, 5) is 0. The number of hydrogen-bond acceptors (Lipinski definition) is 4. The molecular formula is C28H50O5S. The van der Waals surface area contributed by atoms with E-state index in [4.69, 9.17) is 9.29 Å². The second-order valence-corrected chi connectivity index (χ2v) is 10.1. The third-order valence-corrected chi connectivity index (χ3v) is 6.11. The van der Waals surface area contributed by atoms with Gasteiger partial charge in [-0.1, -0.05) is 109 Å². The lowest BCUT2D eigenvalue weighted by molar-refractivity contribution is 0.114. The van der Waals surface area contributed by atoms with Crippen LogP contribution in [0.3, 0.4) is 0 Å². The van der Waals surface area contributed by atoms with Gasteiger partial charge in [-0.3, -0.25) is 4.55 Å². The summed E-state index contributed by atoms with van der Waals surface area (Å²) in [5, 5.41) is 0. The minimum atomic E-state index is -4.32. The zero-order valence-corrected chi connectivity index (χ0v) is 22.6. The van der Waals surface area contributed by atoms with Gasteiger partial charge in [-0.15, -0.1) is 0 Å². The normalized spacial score (nSPS) is 11.0. The molecule has 0 bridgehead atoms. The first-order valence-corrected chi connectivity index (χ1v) is 15.1. The Morgan fingerprint density at radius 3 is 1.44 bits per heavy atom. The molecule has 0 aromatic rings. The first kappa shape index (κ1) is 33.0. The van der Waals surface area contributed by atoms with Gasteiger partial charge in [0.05, 0.1) is 6.61 Å². The molecule has 0 saturated heterocycles. The van der Waals surface area contributed by atoms with Crippen molar-refractivity contribution in [3.8, 4) is 23.7 Å². The molecule has 6 heteroatoms. The van der Waals surface area contributed by atoms with E-state index in [0.29, 0.717) is 19.6 Å². The smallest absolute Gasteiger partial charge is 0.381 e. The minimum absolute atomic E-state index is 0.0464. The van der Waals surface area contributed by atoms with E-state index in [2.05, 4.69) is 34.8 Å². The van der Waals surface area contributed by atoms with E-state index in [0.717, 1.165) is 32.1 Å². The molecule has 0 atom stereocenters. The van der Waals surface area contributed by atoms with Crippen molar-refractivity contribution in [2.75, 3.05) is 19.8 Å². The van der Waals surface area contributed by atoms with Crippen molar-refractivity contribution >= 4 is 10.4 Å². The number of ether oxygens (including phenoxy) is 1. The van der Waals surface area contributed by atoms with Crippen molar-refractivity contribution in [1.29, 1.82) is 0 Å². The van der Waals surface area contributed by atoms with Crippen LogP contribution in [0.5, 0.6) is 0 Å². The van der Waals surface area contributed by atoms with E-state index in [9.17, 15) is 8.42 Å². The van der Waals surface area contributed by atoms with E-state index in [1.807, 2.05) is 0 Å². The molecule has 0 saturated carbocycles. The Bertz CT molecular complexity index is 652. The van der Waals surface area contributed by atoms with Crippen LogP contribution in [0.25, 0.3) is 0 Å². The molecule has 0 aromatic heterocycles. The van der Waals surface area contributed by atoms with Crippen LogP contribution in [0, 0.1) is 23.7 Å². The molecule has 0 aliphatic rings. The van der Waals surface area contributed by atoms with Crippen LogP contribution in [-0.2, 0) is 19.3 Å². The predicted octanol–water partition coefficient (Wildman–Crippen LogP) is 7.65. The maximum absolute atomic E-state index is 10.4.